The minimum absolute atomic E-state index is 0.0525. The number of hydrogen-bond acceptors (Lipinski definition) is 22. The number of aliphatic hydroxyl groups is 13. The van der Waals surface area contributed by atoms with Crippen LogP contribution in [0.25, 0.3) is 0 Å². The highest BCUT2D eigenvalue weighted by Crippen LogP contribution is 2.34. The van der Waals surface area contributed by atoms with Crippen molar-refractivity contribution in [2.75, 3.05) is 33.0 Å². The van der Waals surface area contributed by atoms with Gasteiger partial charge in [-0.05, 0) is 24.8 Å². The van der Waals surface area contributed by atoms with Gasteiger partial charge in [-0.2, -0.15) is 0 Å². The minimum Gasteiger partial charge on any atom is -0.461 e. The molecule has 346 valence electrons. The first-order valence-corrected chi connectivity index (χ1v) is 19.8. The van der Waals surface area contributed by atoms with Gasteiger partial charge in [-0.1, -0.05) is 44.2 Å². The van der Waals surface area contributed by atoms with Crippen molar-refractivity contribution in [1.29, 1.82) is 0 Å². The topological polar surface area (TPSA) is 354 Å². The quantitative estimate of drug-likeness (QED) is 0.0311. The zero-order chi connectivity index (χ0) is 44.4. The van der Waals surface area contributed by atoms with Crippen molar-refractivity contribution >= 4 is 5.97 Å². The van der Waals surface area contributed by atoms with Crippen LogP contribution in [0.2, 0.25) is 0 Å². The first-order valence-electron chi connectivity index (χ1n) is 19.8. The summed E-state index contributed by atoms with van der Waals surface area (Å²) in [5, 5.41) is 137. The van der Waals surface area contributed by atoms with Gasteiger partial charge in [-0.3, -0.25) is 4.79 Å². The van der Waals surface area contributed by atoms with Crippen LogP contribution in [0.15, 0.2) is 30.3 Å². The summed E-state index contributed by atoms with van der Waals surface area (Å²) in [4.78, 5) is 23.5. The lowest BCUT2D eigenvalue weighted by molar-refractivity contribution is -0.425. The highest BCUT2D eigenvalue weighted by Gasteiger charge is 2.53. The molecule has 3 aliphatic rings. The van der Waals surface area contributed by atoms with E-state index in [-0.39, 0.29) is 18.9 Å². The first-order chi connectivity index (χ1) is 28.5. The molecule has 3 heterocycles. The molecule has 3 aliphatic heterocycles. The summed E-state index contributed by atoms with van der Waals surface area (Å²) in [5.41, 5.74) is 0.696. The van der Waals surface area contributed by atoms with Crippen LogP contribution in [-0.4, -0.2) is 216 Å². The number of benzene rings is 1. The summed E-state index contributed by atoms with van der Waals surface area (Å²) in [7, 11) is 0. The average Bonchev–Trinajstić information content (AvgIpc) is 3.24. The van der Waals surface area contributed by atoms with E-state index < -0.39 is 161 Å². The van der Waals surface area contributed by atoms with E-state index in [1.807, 2.05) is 0 Å². The molecular weight excluding hydrogens is 808 g/mol. The second-order valence-electron chi connectivity index (χ2n) is 15.7. The fourth-order valence-electron chi connectivity index (χ4n) is 7.29. The Balaban J connectivity index is 1.44. The predicted molar refractivity (Wildman–Crippen MR) is 197 cm³/mol. The fraction of sp³-hybridized carbons (Fsp3) is 0.816. The van der Waals surface area contributed by atoms with Crippen LogP contribution in [0.5, 0.6) is 0 Å². The summed E-state index contributed by atoms with van der Waals surface area (Å²) in [6, 6.07) is 8.77. The Morgan fingerprint density at radius 2 is 1.35 bits per heavy atom. The van der Waals surface area contributed by atoms with E-state index >= 15 is 0 Å². The number of ether oxygens (including phenoxy) is 6. The third-order valence-electron chi connectivity index (χ3n) is 10.9. The second-order valence-corrected chi connectivity index (χ2v) is 15.7. The van der Waals surface area contributed by atoms with Gasteiger partial charge in [-0.25, -0.2) is 9.78 Å². The fourth-order valence-corrected chi connectivity index (χ4v) is 7.29. The van der Waals surface area contributed by atoms with Crippen molar-refractivity contribution in [2.45, 2.75) is 144 Å². The smallest absolute Gasteiger partial charge is 0.311 e. The third kappa shape index (κ3) is 12.3. The highest BCUT2D eigenvalue weighted by molar-refractivity contribution is 5.72. The SMILES string of the molecule is CC(C)CC(O)[C@@H](O)[C@H](O[C@@H]1OC(CO)[C@H](CO)[C@H](O)C1OOCC1O[C@H](O[C@@H]2C(CO)O[C@@H](C(C)C(=O)OCc3ccccc3)C(O)[C@H]2O)C(O)[C@@H](O)[C@@H]1O)C(O)CO. The molecule has 0 spiro atoms. The van der Waals surface area contributed by atoms with E-state index in [4.69, 9.17) is 38.2 Å². The Labute approximate surface area is 345 Å². The van der Waals surface area contributed by atoms with Crippen molar-refractivity contribution in [2.24, 2.45) is 17.8 Å². The maximum absolute atomic E-state index is 12.9. The monoisotopic (exact) mass is 870 g/mol. The van der Waals surface area contributed by atoms with Gasteiger partial charge in [0.15, 0.2) is 18.7 Å². The predicted octanol–water partition coefficient (Wildman–Crippen LogP) is -5.45. The molecule has 0 bridgehead atoms. The maximum Gasteiger partial charge on any atom is 0.311 e. The van der Waals surface area contributed by atoms with Crippen molar-refractivity contribution in [3.05, 3.63) is 35.9 Å². The zero-order valence-corrected chi connectivity index (χ0v) is 33.4. The zero-order valence-electron chi connectivity index (χ0n) is 33.4. The van der Waals surface area contributed by atoms with Crippen LogP contribution in [0.1, 0.15) is 32.8 Å². The first kappa shape index (κ1) is 50.5. The maximum atomic E-state index is 12.9. The van der Waals surface area contributed by atoms with E-state index in [0.717, 1.165) is 0 Å². The van der Waals surface area contributed by atoms with E-state index in [2.05, 4.69) is 0 Å². The van der Waals surface area contributed by atoms with Gasteiger partial charge in [0, 0.05) is 5.92 Å². The third-order valence-corrected chi connectivity index (χ3v) is 10.9. The van der Waals surface area contributed by atoms with E-state index in [1.165, 1.54) is 6.92 Å². The van der Waals surface area contributed by atoms with Gasteiger partial charge in [-0.15, -0.1) is 0 Å². The Morgan fingerprint density at radius 3 is 1.95 bits per heavy atom. The number of hydrogen-bond donors (Lipinski definition) is 13. The van der Waals surface area contributed by atoms with Crippen LogP contribution in [0.3, 0.4) is 0 Å². The summed E-state index contributed by atoms with van der Waals surface area (Å²) >= 11 is 0. The summed E-state index contributed by atoms with van der Waals surface area (Å²) in [6.07, 6.45) is -30.9. The molecule has 22 nitrogen and oxygen atoms in total. The van der Waals surface area contributed by atoms with Gasteiger partial charge >= 0.3 is 5.97 Å². The molecule has 9 unspecified atom stereocenters. The standard InChI is InChI=1S/C38H62O22/c1-16(2)9-20(43)26(46)33(21(44)11-40)58-38-35(25(45)19(10-39)22(12-41)56-38)60-54-15-24-27(47)28(48)31(51)37(57-24)59-34-23(13-42)55-32(29(49)30(34)50)17(3)36(52)53-14-18-7-5-4-6-8-18/h4-8,16-17,19-35,37-51H,9-15H2,1-3H3/t17?,19-,20?,21?,22?,23?,24?,25-,26+,27+,28-,29?,30+,31?,32-,33+,34+,35?,37+,38-/m0/s1. The number of esters is 1. The Morgan fingerprint density at radius 1 is 0.700 bits per heavy atom. The normalized spacial score (nSPS) is 37.6. The lowest BCUT2D eigenvalue weighted by atomic mass is 9.88. The van der Waals surface area contributed by atoms with E-state index in [9.17, 15) is 71.2 Å². The molecule has 20 atom stereocenters. The van der Waals surface area contributed by atoms with Crippen LogP contribution >= 0.6 is 0 Å². The number of carbonyl (C=O) groups is 1. The summed E-state index contributed by atoms with van der Waals surface area (Å²) in [5.74, 6) is -3.24. The molecule has 0 saturated carbocycles. The molecule has 0 aliphatic carbocycles. The molecule has 3 saturated heterocycles. The Bertz CT molecular complexity index is 1390. The van der Waals surface area contributed by atoms with Gasteiger partial charge in [0.25, 0.3) is 0 Å². The highest BCUT2D eigenvalue weighted by atomic mass is 17.2. The largest absolute Gasteiger partial charge is 0.461 e. The molecule has 3 fully saturated rings. The van der Waals surface area contributed by atoms with Gasteiger partial charge in [0.1, 0.15) is 80.4 Å². The second kappa shape index (κ2) is 23.5. The van der Waals surface area contributed by atoms with Crippen molar-refractivity contribution in [3.8, 4) is 0 Å². The Kier molecular flexibility index (Phi) is 19.8. The van der Waals surface area contributed by atoms with Crippen molar-refractivity contribution in [1.82, 2.24) is 0 Å². The molecule has 22 heteroatoms. The van der Waals surface area contributed by atoms with Crippen LogP contribution in [-0.2, 0) is 49.6 Å². The van der Waals surface area contributed by atoms with Crippen LogP contribution in [0.4, 0.5) is 0 Å². The molecule has 0 amide bonds. The molecule has 60 heavy (non-hydrogen) atoms. The summed E-state index contributed by atoms with van der Waals surface area (Å²) < 4.78 is 33.9. The van der Waals surface area contributed by atoms with E-state index in [1.54, 1.807) is 44.2 Å². The van der Waals surface area contributed by atoms with E-state index in [0.29, 0.717) is 5.56 Å². The van der Waals surface area contributed by atoms with Gasteiger partial charge in [0.2, 0.25) is 0 Å². The molecule has 4 rings (SSSR count). The number of aliphatic hydroxyl groups excluding tert-OH is 13. The lowest BCUT2D eigenvalue weighted by Gasteiger charge is -2.47. The molecule has 1 aromatic rings. The van der Waals surface area contributed by atoms with Crippen molar-refractivity contribution in [3.63, 3.8) is 0 Å². The molecule has 0 radical (unpaired) electrons. The lowest BCUT2D eigenvalue weighted by Crippen LogP contribution is -2.65. The Hall–Kier alpha value is -2.11. The van der Waals surface area contributed by atoms with Crippen molar-refractivity contribution < 1.29 is 109 Å². The average molecular weight is 871 g/mol. The number of rotatable bonds is 21. The molecule has 1 aromatic carbocycles. The molecule has 13 N–H and O–H groups in total. The van der Waals surface area contributed by atoms with Gasteiger partial charge in [0.05, 0.1) is 56.8 Å². The molecule has 0 aromatic heterocycles. The minimum atomic E-state index is -2.00. The van der Waals surface area contributed by atoms with Crippen LogP contribution in [0, 0.1) is 17.8 Å². The number of carbonyl (C=O) groups excluding carboxylic acids is 1. The van der Waals surface area contributed by atoms with Gasteiger partial charge < -0.3 is 94.8 Å². The summed E-state index contributed by atoms with van der Waals surface area (Å²) in [6.45, 7) is 0.748. The van der Waals surface area contributed by atoms with Crippen LogP contribution < -0.4 is 0 Å². The molecular formula is C38H62O22.